The predicted molar refractivity (Wildman–Crippen MR) is 108 cm³/mol. The Morgan fingerprint density at radius 3 is 2.56 bits per heavy atom. The normalized spacial score (nSPS) is 21.5. The fraction of sp³-hybridized carbons (Fsp3) is 0.600. The number of carbonyl (C=O) groups excluding carboxylic acids is 1. The van der Waals surface area contributed by atoms with Crippen molar-refractivity contribution in [3.05, 3.63) is 30.2 Å². The molecule has 2 aromatic rings. The van der Waals surface area contributed by atoms with Crippen molar-refractivity contribution in [1.82, 2.24) is 14.2 Å². The summed E-state index contributed by atoms with van der Waals surface area (Å²) in [5, 5.41) is 8.63. The summed E-state index contributed by atoms with van der Waals surface area (Å²) in [5.41, 5.74) is -0.741. The van der Waals surface area contributed by atoms with E-state index in [1.54, 1.807) is 18.5 Å². The Hall–Kier alpha value is -2.18. The SMILES string of the molecule is C[C@](O)(CC(=O)N1CC(S(=O)(=O)N2CCC(c3coc4cccnc34)CC2)C1)C(F)(F)F. The summed E-state index contributed by atoms with van der Waals surface area (Å²) < 4.78 is 71.1. The van der Waals surface area contributed by atoms with Gasteiger partial charge < -0.3 is 14.4 Å². The molecule has 2 aromatic heterocycles. The number of pyridine rings is 1. The summed E-state index contributed by atoms with van der Waals surface area (Å²) in [6.45, 7) is 0.790. The standard InChI is InChI=1S/C20H24F3N3O5S/c1-19(28,20(21,22)23)9-17(27)25-10-14(11-25)32(29,30)26-7-4-13(5-8-26)15-12-31-16-3-2-6-24-18(15)16/h2-3,6,12-14,28H,4-5,7-11H2,1H3/t19-/m0/s1. The van der Waals surface area contributed by atoms with E-state index < -0.39 is 39.4 Å². The number of hydrogen-bond donors (Lipinski definition) is 1. The van der Waals surface area contributed by atoms with E-state index in [-0.39, 0.29) is 19.0 Å². The first-order chi connectivity index (χ1) is 14.9. The highest BCUT2D eigenvalue weighted by atomic mass is 32.2. The zero-order valence-electron chi connectivity index (χ0n) is 17.4. The second-order valence-corrected chi connectivity index (χ2v) is 10.8. The number of rotatable bonds is 5. The molecule has 2 fully saturated rings. The number of halogens is 3. The quantitative estimate of drug-likeness (QED) is 0.712. The molecule has 0 bridgehead atoms. The third-order valence-corrected chi connectivity index (χ3v) is 8.56. The van der Waals surface area contributed by atoms with E-state index in [9.17, 15) is 31.5 Å². The Kier molecular flexibility index (Phi) is 5.74. The van der Waals surface area contributed by atoms with Crippen molar-refractivity contribution >= 4 is 27.0 Å². The van der Waals surface area contributed by atoms with Gasteiger partial charge in [0.15, 0.2) is 11.2 Å². The van der Waals surface area contributed by atoms with Crippen molar-refractivity contribution in [2.45, 2.75) is 49.1 Å². The molecule has 2 saturated heterocycles. The van der Waals surface area contributed by atoms with Crippen LogP contribution in [0.4, 0.5) is 13.2 Å². The molecule has 4 heterocycles. The average Bonchev–Trinajstić information content (AvgIpc) is 3.09. The molecule has 0 saturated carbocycles. The van der Waals surface area contributed by atoms with Crippen LogP contribution in [0.1, 0.15) is 37.7 Å². The fourth-order valence-electron chi connectivity index (χ4n) is 4.14. The number of sulfonamides is 1. The lowest BCUT2D eigenvalue weighted by molar-refractivity contribution is -0.254. The molecule has 4 rings (SSSR count). The fourth-order valence-corrected chi connectivity index (χ4v) is 6.02. The predicted octanol–water partition coefficient (Wildman–Crippen LogP) is 2.25. The number of carbonyl (C=O) groups is 1. The number of nitrogens with zero attached hydrogens (tertiary/aromatic N) is 3. The molecule has 2 aliphatic heterocycles. The van der Waals surface area contributed by atoms with Crippen LogP contribution in [0.15, 0.2) is 29.0 Å². The largest absolute Gasteiger partial charge is 0.462 e. The lowest BCUT2D eigenvalue weighted by Crippen LogP contribution is -2.61. The van der Waals surface area contributed by atoms with E-state index in [1.807, 2.05) is 6.07 Å². The number of alkyl halides is 3. The zero-order chi connectivity index (χ0) is 23.3. The molecular weight excluding hydrogens is 451 g/mol. The molecule has 1 atom stereocenters. The maximum Gasteiger partial charge on any atom is 0.417 e. The first-order valence-electron chi connectivity index (χ1n) is 10.3. The molecule has 0 unspecified atom stereocenters. The number of hydrogen-bond acceptors (Lipinski definition) is 6. The molecule has 32 heavy (non-hydrogen) atoms. The topological polar surface area (TPSA) is 104 Å². The lowest BCUT2D eigenvalue weighted by atomic mass is 9.91. The minimum atomic E-state index is -4.95. The minimum Gasteiger partial charge on any atom is -0.462 e. The molecule has 8 nitrogen and oxygen atoms in total. The van der Waals surface area contributed by atoms with E-state index in [2.05, 4.69) is 4.98 Å². The van der Waals surface area contributed by atoms with Crippen molar-refractivity contribution in [3.63, 3.8) is 0 Å². The summed E-state index contributed by atoms with van der Waals surface area (Å²) >= 11 is 0. The second-order valence-electron chi connectivity index (χ2n) is 8.63. The first-order valence-corrected chi connectivity index (χ1v) is 11.8. The van der Waals surface area contributed by atoms with Crippen LogP contribution in [-0.2, 0) is 14.8 Å². The van der Waals surface area contributed by atoms with Crippen LogP contribution in [0.2, 0.25) is 0 Å². The third-order valence-electron chi connectivity index (χ3n) is 6.34. The van der Waals surface area contributed by atoms with E-state index in [4.69, 9.17) is 4.42 Å². The molecule has 1 N–H and O–H groups in total. The Balaban J connectivity index is 1.32. The van der Waals surface area contributed by atoms with Crippen molar-refractivity contribution in [2.75, 3.05) is 26.2 Å². The van der Waals surface area contributed by atoms with Gasteiger partial charge in [0.2, 0.25) is 15.9 Å². The van der Waals surface area contributed by atoms with Crippen molar-refractivity contribution in [2.24, 2.45) is 0 Å². The van der Waals surface area contributed by atoms with Gasteiger partial charge in [-0.15, -0.1) is 0 Å². The number of furan rings is 1. The molecule has 0 aliphatic carbocycles. The van der Waals surface area contributed by atoms with Gasteiger partial charge in [0, 0.05) is 37.9 Å². The Bertz CT molecular complexity index is 1100. The van der Waals surface area contributed by atoms with Gasteiger partial charge in [-0.3, -0.25) is 9.78 Å². The van der Waals surface area contributed by atoms with Crippen molar-refractivity contribution < 1.29 is 35.9 Å². The van der Waals surface area contributed by atoms with E-state index in [0.29, 0.717) is 38.4 Å². The van der Waals surface area contributed by atoms with Crippen LogP contribution in [0.3, 0.4) is 0 Å². The van der Waals surface area contributed by atoms with Crippen LogP contribution in [0, 0.1) is 0 Å². The highest BCUT2D eigenvalue weighted by molar-refractivity contribution is 7.89. The summed E-state index contributed by atoms with van der Waals surface area (Å²) in [4.78, 5) is 17.4. The molecule has 0 aromatic carbocycles. The Labute approximate surface area is 183 Å². The van der Waals surface area contributed by atoms with Crippen LogP contribution in [-0.4, -0.2) is 76.8 Å². The molecule has 1 amide bonds. The monoisotopic (exact) mass is 475 g/mol. The molecule has 2 aliphatic rings. The smallest absolute Gasteiger partial charge is 0.417 e. The van der Waals surface area contributed by atoms with E-state index in [1.165, 1.54) is 4.31 Å². The maximum atomic E-state index is 12.9. The van der Waals surface area contributed by atoms with Gasteiger partial charge in [-0.05, 0) is 37.8 Å². The van der Waals surface area contributed by atoms with Gasteiger partial charge in [-0.25, -0.2) is 12.7 Å². The summed E-state index contributed by atoms with van der Waals surface area (Å²) in [6, 6.07) is 3.60. The second kappa shape index (κ2) is 7.99. The highest BCUT2D eigenvalue weighted by Gasteiger charge is 2.53. The maximum absolute atomic E-state index is 12.9. The highest BCUT2D eigenvalue weighted by Crippen LogP contribution is 2.36. The average molecular weight is 475 g/mol. The van der Waals surface area contributed by atoms with Crippen LogP contribution < -0.4 is 0 Å². The summed E-state index contributed by atoms with van der Waals surface area (Å²) in [5.74, 6) is -0.807. The number of fused-ring (bicyclic) bond motifs is 1. The van der Waals surface area contributed by atoms with Gasteiger partial charge in [-0.2, -0.15) is 13.2 Å². The van der Waals surface area contributed by atoms with Crippen LogP contribution in [0.5, 0.6) is 0 Å². The molecule has 0 radical (unpaired) electrons. The van der Waals surface area contributed by atoms with Gasteiger partial charge in [0.25, 0.3) is 0 Å². The number of likely N-dealkylation sites (tertiary alicyclic amines) is 1. The van der Waals surface area contributed by atoms with Gasteiger partial charge >= 0.3 is 6.18 Å². The van der Waals surface area contributed by atoms with Crippen LogP contribution >= 0.6 is 0 Å². The first kappa shape index (κ1) is 23.0. The lowest BCUT2D eigenvalue weighted by Gasteiger charge is -2.43. The number of amides is 1. The minimum absolute atomic E-state index is 0.113. The van der Waals surface area contributed by atoms with Crippen LogP contribution in [0.25, 0.3) is 11.1 Å². The number of aliphatic hydroxyl groups is 1. The zero-order valence-corrected chi connectivity index (χ0v) is 18.2. The molecule has 176 valence electrons. The Morgan fingerprint density at radius 1 is 1.28 bits per heavy atom. The van der Waals surface area contributed by atoms with Gasteiger partial charge in [0.1, 0.15) is 10.8 Å². The molecular formula is C20H24F3N3O5S. The van der Waals surface area contributed by atoms with Gasteiger partial charge in [0.05, 0.1) is 12.7 Å². The molecule has 12 heteroatoms. The number of piperidine rings is 1. The van der Waals surface area contributed by atoms with Gasteiger partial charge in [-0.1, -0.05) is 0 Å². The van der Waals surface area contributed by atoms with Crippen molar-refractivity contribution in [3.8, 4) is 0 Å². The summed E-state index contributed by atoms with van der Waals surface area (Å²) in [7, 11) is -3.68. The third kappa shape index (κ3) is 4.11. The summed E-state index contributed by atoms with van der Waals surface area (Å²) in [6.07, 6.45) is -1.56. The Morgan fingerprint density at radius 2 is 1.94 bits per heavy atom. The van der Waals surface area contributed by atoms with Crippen molar-refractivity contribution in [1.29, 1.82) is 0 Å². The molecule has 0 spiro atoms. The van der Waals surface area contributed by atoms with E-state index >= 15 is 0 Å². The van der Waals surface area contributed by atoms with E-state index in [0.717, 1.165) is 16.0 Å². The number of aromatic nitrogens is 1.